The number of aryl methyl sites for hydroxylation is 1. The van der Waals surface area contributed by atoms with Crippen LogP contribution in [0.5, 0.6) is 0 Å². The lowest BCUT2D eigenvalue weighted by Crippen LogP contribution is -2.20. The number of benzene rings is 2. The first-order chi connectivity index (χ1) is 12.7. The first kappa shape index (κ1) is 16.9. The highest BCUT2D eigenvalue weighted by molar-refractivity contribution is 7.13. The fourth-order valence-corrected chi connectivity index (χ4v) is 3.82. The quantitative estimate of drug-likeness (QED) is 0.515. The molecule has 0 atom stereocenters. The molecule has 2 heterocycles. The van der Waals surface area contributed by atoms with Gasteiger partial charge in [-0.1, -0.05) is 12.1 Å². The van der Waals surface area contributed by atoms with Gasteiger partial charge in [0.1, 0.15) is 16.6 Å². The zero-order chi connectivity index (χ0) is 17.9. The van der Waals surface area contributed by atoms with E-state index >= 15 is 0 Å². The summed E-state index contributed by atoms with van der Waals surface area (Å²) >= 11 is 1.58. The number of thiazole rings is 1. The molecule has 0 aliphatic rings. The van der Waals surface area contributed by atoms with Gasteiger partial charge < -0.3 is 9.88 Å². The molecule has 132 valence electrons. The lowest BCUT2D eigenvalue weighted by molar-refractivity contribution is 0.593. The molecule has 2 aromatic heterocycles. The Bertz CT molecular complexity index is 1020. The SMILES string of the molecule is Cc1nc2ccccc2n1CCNCc1csc(-c2ccc(F)cc2)n1. The number of para-hydroxylation sites is 2. The molecule has 0 saturated heterocycles. The van der Waals surface area contributed by atoms with E-state index in [9.17, 15) is 4.39 Å². The zero-order valence-corrected chi connectivity index (χ0v) is 15.3. The van der Waals surface area contributed by atoms with E-state index in [4.69, 9.17) is 0 Å². The number of hydrogen-bond acceptors (Lipinski definition) is 4. The van der Waals surface area contributed by atoms with E-state index in [-0.39, 0.29) is 5.82 Å². The van der Waals surface area contributed by atoms with E-state index in [2.05, 4.69) is 25.9 Å². The van der Waals surface area contributed by atoms with Crippen molar-refractivity contribution in [2.45, 2.75) is 20.0 Å². The maximum Gasteiger partial charge on any atom is 0.123 e. The van der Waals surface area contributed by atoms with Gasteiger partial charge in [0.15, 0.2) is 0 Å². The van der Waals surface area contributed by atoms with Crippen molar-refractivity contribution in [3.63, 3.8) is 0 Å². The first-order valence-electron chi connectivity index (χ1n) is 8.53. The average Bonchev–Trinajstić information content (AvgIpc) is 3.24. The molecule has 0 amide bonds. The van der Waals surface area contributed by atoms with Crippen LogP contribution >= 0.6 is 11.3 Å². The molecule has 0 unspecified atom stereocenters. The minimum atomic E-state index is -0.227. The van der Waals surface area contributed by atoms with Gasteiger partial charge in [0.2, 0.25) is 0 Å². The Kier molecular flexibility index (Phi) is 4.77. The molecule has 0 fully saturated rings. The van der Waals surface area contributed by atoms with Crippen LogP contribution in [-0.4, -0.2) is 21.1 Å². The van der Waals surface area contributed by atoms with Gasteiger partial charge >= 0.3 is 0 Å². The van der Waals surface area contributed by atoms with Crippen LogP contribution in [0.25, 0.3) is 21.6 Å². The molecule has 4 aromatic rings. The first-order valence-corrected chi connectivity index (χ1v) is 9.41. The molecule has 0 radical (unpaired) electrons. The molecule has 0 saturated carbocycles. The normalized spacial score (nSPS) is 11.3. The third kappa shape index (κ3) is 3.52. The minimum absolute atomic E-state index is 0.227. The van der Waals surface area contributed by atoms with Crippen LogP contribution in [0.4, 0.5) is 4.39 Å². The Hall–Kier alpha value is -2.57. The Balaban J connectivity index is 1.35. The fraction of sp³-hybridized carbons (Fsp3) is 0.200. The van der Waals surface area contributed by atoms with E-state index in [1.165, 1.54) is 17.6 Å². The zero-order valence-electron chi connectivity index (χ0n) is 14.4. The van der Waals surface area contributed by atoms with Crippen molar-refractivity contribution >= 4 is 22.4 Å². The number of imidazole rings is 1. The highest BCUT2D eigenvalue weighted by Crippen LogP contribution is 2.23. The van der Waals surface area contributed by atoms with Crippen molar-refractivity contribution in [3.05, 3.63) is 71.2 Å². The number of nitrogens with zero attached hydrogens (tertiary/aromatic N) is 3. The van der Waals surface area contributed by atoms with Crippen molar-refractivity contribution in [1.29, 1.82) is 0 Å². The predicted molar refractivity (Wildman–Crippen MR) is 104 cm³/mol. The standard InChI is InChI=1S/C20H19FN4S/c1-14-23-18-4-2-3-5-19(18)25(14)11-10-22-12-17-13-26-20(24-17)15-6-8-16(21)9-7-15/h2-9,13,22H,10-12H2,1H3. The molecule has 2 aromatic carbocycles. The van der Waals surface area contributed by atoms with Gasteiger partial charge in [-0.05, 0) is 43.3 Å². The van der Waals surface area contributed by atoms with Gasteiger partial charge in [-0.2, -0.15) is 0 Å². The summed E-state index contributed by atoms with van der Waals surface area (Å²) < 4.78 is 15.3. The maximum atomic E-state index is 13.0. The maximum absolute atomic E-state index is 13.0. The number of rotatable bonds is 6. The molecule has 0 bridgehead atoms. The summed E-state index contributed by atoms with van der Waals surface area (Å²) in [6.07, 6.45) is 0. The lowest BCUT2D eigenvalue weighted by atomic mass is 10.2. The third-order valence-corrected chi connectivity index (χ3v) is 5.25. The molecule has 26 heavy (non-hydrogen) atoms. The van der Waals surface area contributed by atoms with Crippen molar-refractivity contribution in [2.75, 3.05) is 6.54 Å². The van der Waals surface area contributed by atoms with E-state index in [0.717, 1.165) is 40.7 Å². The number of halogens is 1. The van der Waals surface area contributed by atoms with Crippen LogP contribution in [0.3, 0.4) is 0 Å². The second-order valence-corrected chi connectivity index (χ2v) is 6.99. The summed E-state index contributed by atoms with van der Waals surface area (Å²) in [6.45, 7) is 4.45. The second kappa shape index (κ2) is 7.35. The Labute approximate surface area is 155 Å². The van der Waals surface area contributed by atoms with Crippen LogP contribution in [0.1, 0.15) is 11.5 Å². The van der Waals surface area contributed by atoms with Gasteiger partial charge in [0.05, 0.1) is 16.7 Å². The predicted octanol–water partition coefficient (Wildman–Crippen LogP) is 4.40. The van der Waals surface area contributed by atoms with Gasteiger partial charge in [-0.15, -0.1) is 11.3 Å². The Morgan fingerprint density at radius 2 is 1.88 bits per heavy atom. The molecule has 0 aliphatic heterocycles. The van der Waals surface area contributed by atoms with Gasteiger partial charge in [0, 0.05) is 30.6 Å². The molecule has 4 rings (SSSR count). The fourth-order valence-electron chi connectivity index (χ4n) is 3.00. The number of nitrogens with one attached hydrogen (secondary N) is 1. The molecular formula is C20H19FN4S. The van der Waals surface area contributed by atoms with Gasteiger partial charge in [0.25, 0.3) is 0 Å². The summed E-state index contributed by atoms with van der Waals surface area (Å²) in [7, 11) is 0. The second-order valence-electron chi connectivity index (χ2n) is 6.13. The largest absolute Gasteiger partial charge is 0.327 e. The van der Waals surface area contributed by atoms with E-state index in [0.29, 0.717) is 6.54 Å². The van der Waals surface area contributed by atoms with E-state index < -0.39 is 0 Å². The van der Waals surface area contributed by atoms with Crippen LogP contribution in [0, 0.1) is 12.7 Å². The minimum Gasteiger partial charge on any atom is -0.327 e. The third-order valence-electron chi connectivity index (χ3n) is 4.31. The topological polar surface area (TPSA) is 42.7 Å². The Morgan fingerprint density at radius 3 is 2.73 bits per heavy atom. The number of hydrogen-bond donors (Lipinski definition) is 1. The van der Waals surface area contributed by atoms with Gasteiger partial charge in [-0.25, -0.2) is 14.4 Å². The smallest absolute Gasteiger partial charge is 0.123 e. The monoisotopic (exact) mass is 366 g/mol. The average molecular weight is 366 g/mol. The molecule has 4 nitrogen and oxygen atoms in total. The molecule has 0 aliphatic carbocycles. The van der Waals surface area contributed by atoms with Crippen LogP contribution in [-0.2, 0) is 13.1 Å². The Morgan fingerprint density at radius 1 is 1.08 bits per heavy atom. The van der Waals surface area contributed by atoms with Gasteiger partial charge in [-0.3, -0.25) is 0 Å². The van der Waals surface area contributed by atoms with Crippen molar-refractivity contribution in [2.24, 2.45) is 0 Å². The highest BCUT2D eigenvalue weighted by atomic mass is 32.1. The molecule has 1 N–H and O–H groups in total. The molecule has 0 spiro atoms. The summed E-state index contributed by atoms with van der Waals surface area (Å²) in [4.78, 5) is 9.22. The summed E-state index contributed by atoms with van der Waals surface area (Å²) in [5, 5.41) is 6.40. The number of fused-ring (bicyclic) bond motifs is 1. The molecular weight excluding hydrogens is 347 g/mol. The van der Waals surface area contributed by atoms with Crippen LogP contribution in [0.2, 0.25) is 0 Å². The van der Waals surface area contributed by atoms with E-state index in [1.807, 2.05) is 30.5 Å². The summed E-state index contributed by atoms with van der Waals surface area (Å²) in [5.41, 5.74) is 4.15. The van der Waals surface area contributed by atoms with Crippen molar-refractivity contribution in [3.8, 4) is 10.6 Å². The van der Waals surface area contributed by atoms with Crippen molar-refractivity contribution in [1.82, 2.24) is 19.9 Å². The number of aromatic nitrogens is 3. The van der Waals surface area contributed by atoms with E-state index in [1.54, 1.807) is 23.5 Å². The summed E-state index contributed by atoms with van der Waals surface area (Å²) in [6, 6.07) is 14.6. The van der Waals surface area contributed by atoms with Crippen LogP contribution < -0.4 is 5.32 Å². The lowest BCUT2D eigenvalue weighted by Gasteiger charge is -2.07. The molecule has 6 heteroatoms. The highest BCUT2D eigenvalue weighted by Gasteiger charge is 2.07. The van der Waals surface area contributed by atoms with Crippen molar-refractivity contribution < 1.29 is 4.39 Å². The van der Waals surface area contributed by atoms with Crippen LogP contribution in [0.15, 0.2) is 53.9 Å². The summed E-state index contributed by atoms with van der Waals surface area (Å²) in [5.74, 6) is 0.801.